The minimum absolute atomic E-state index is 0.0254. The van der Waals surface area contributed by atoms with Crippen molar-refractivity contribution < 1.29 is 14.1 Å². The zero-order valence-corrected chi connectivity index (χ0v) is 13.8. The lowest BCUT2D eigenvalue weighted by atomic mass is 10.1. The Kier molecular flexibility index (Phi) is 4.59. The molecule has 1 aliphatic rings. The van der Waals surface area contributed by atoms with Gasteiger partial charge in [-0.15, -0.1) is 0 Å². The third kappa shape index (κ3) is 3.29. The molecule has 7 nitrogen and oxygen atoms in total. The molecule has 0 saturated carbocycles. The third-order valence-corrected chi connectivity index (χ3v) is 4.27. The highest BCUT2D eigenvalue weighted by Gasteiger charge is 2.35. The first-order chi connectivity index (χ1) is 11.6. The lowest BCUT2D eigenvalue weighted by Gasteiger charge is -2.16. The van der Waals surface area contributed by atoms with E-state index in [9.17, 15) is 9.59 Å². The van der Waals surface area contributed by atoms with Crippen molar-refractivity contribution in [2.24, 2.45) is 5.92 Å². The molecule has 0 spiro atoms. The molecule has 3 heterocycles. The molecule has 1 fully saturated rings. The summed E-state index contributed by atoms with van der Waals surface area (Å²) in [6.07, 6.45) is 4.37. The summed E-state index contributed by atoms with van der Waals surface area (Å²) in [7, 11) is 0. The number of anilines is 1. The fraction of sp³-hybridized carbons (Fsp3) is 0.412. The van der Waals surface area contributed by atoms with Gasteiger partial charge in [0.2, 0.25) is 17.7 Å². The molecular formula is C17H20N4O3. The van der Waals surface area contributed by atoms with Crippen LogP contribution in [0.4, 0.5) is 5.88 Å². The second-order valence-corrected chi connectivity index (χ2v) is 5.96. The summed E-state index contributed by atoms with van der Waals surface area (Å²) in [4.78, 5) is 30.3. The molecular weight excluding hydrogens is 308 g/mol. The number of carbonyl (C=O) groups excluding carboxylic acids is 2. The Hall–Kier alpha value is -2.70. The summed E-state index contributed by atoms with van der Waals surface area (Å²) in [5.41, 5.74) is 2.61. The van der Waals surface area contributed by atoms with Gasteiger partial charge in [0, 0.05) is 37.5 Å². The zero-order chi connectivity index (χ0) is 17.1. The molecule has 1 unspecified atom stereocenters. The Labute approximate surface area is 140 Å². The van der Waals surface area contributed by atoms with E-state index in [2.05, 4.69) is 15.5 Å². The third-order valence-electron chi connectivity index (χ3n) is 4.27. The quantitative estimate of drug-likeness (QED) is 0.906. The Bertz CT molecular complexity index is 742. The molecule has 0 aliphatic carbocycles. The minimum atomic E-state index is -0.385. The molecule has 24 heavy (non-hydrogen) atoms. The fourth-order valence-corrected chi connectivity index (χ4v) is 2.84. The van der Waals surface area contributed by atoms with Crippen molar-refractivity contribution in [2.75, 3.05) is 11.9 Å². The summed E-state index contributed by atoms with van der Waals surface area (Å²) in [5.74, 6) is -0.250. The number of nitrogens with zero attached hydrogens (tertiary/aromatic N) is 3. The molecule has 1 atom stereocenters. The van der Waals surface area contributed by atoms with E-state index >= 15 is 0 Å². The van der Waals surface area contributed by atoms with Crippen LogP contribution in [0.2, 0.25) is 0 Å². The second-order valence-electron chi connectivity index (χ2n) is 5.96. The van der Waals surface area contributed by atoms with Crippen LogP contribution in [0.25, 0.3) is 0 Å². The average molecular weight is 328 g/mol. The van der Waals surface area contributed by atoms with Gasteiger partial charge in [-0.25, -0.2) is 0 Å². The van der Waals surface area contributed by atoms with E-state index in [1.165, 1.54) is 0 Å². The van der Waals surface area contributed by atoms with Crippen LogP contribution in [0.3, 0.4) is 0 Å². The number of pyridine rings is 1. The maximum atomic E-state index is 12.4. The molecule has 7 heteroatoms. The minimum Gasteiger partial charge on any atom is -0.338 e. The fourth-order valence-electron chi connectivity index (χ4n) is 2.84. The first-order valence-corrected chi connectivity index (χ1v) is 8.01. The number of carbonyl (C=O) groups is 2. The maximum Gasteiger partial charge on any atom is 0.234 e. The highest BCUT2D eigenvalue weighted by atomic mass is 16.5. The van der Waals surface area contributed by atoms with E-state index in [0.29, 0.717) is 19.0 Å². The highest BCUT2D eigenvalue weighted by Crippen LogP contribution is 2.24. The predicted molar refractivity (Wildman–Crippen MR) is 87.0 cm³/mol. The Morgan fingerprint density at radius 3 is 3.00 bits per heavy atom. The highest BCUT2D eigenvalue weighted by molar-refractivity contribution is 5.96. The number of amides is 2. The Balaban J connectivity index is 1.62. The van der Waals surface area contributed by atoms with Crippen LogP contribution in [0.1, 0.15) is 30.2 Å². The molecule has 3 rings (SSSR count). The molecule has 0 radical (unpaired) electrons. The van der Waals surface area contributed by atoms with Crippen molar-refractivity contribution >= 4 is 17.7 Å². The lowest BCUT2D eigenvalue weighted by Crippen LogP contribution is -2.28. The van der Waals surface area contributed by atoms with Crippen LogP contribution in [0, 0.1) is 12.8 Å². The first-order valence-electron chi connectivity index (χ1n) is 8.01. The maximum absolute atomic E-state index is 12.4. The largest absolute Gasteiger partial charge is 0.338 e. The predicted octanol–water partition coefficient (Wildman–Crippen LogP) is 1.93. The molecule has 1 N–H and O–H groups in total. The molecule has 2 aromatic rings. The summed E-state index contributed by atoms with van der Waals surface area (Å²) < 4.78 is 5.18. The number of rotatable bonds is 5. The monoisotopic (exact) mass is 328 g/mol. The molecule has 2 amide bonds. The van der Waals surface area contributed by atoms with E-state index in [1.807, 2.05) is 26.0 Å². The average Bonchev–Trinajstić information content (AvgIpc) is 3.12. The molecule has 1 saturated heterocycles. The van der Waals surface area contributed by atoms with Crippen molar-refractivity contribution in [3.63, 3.8) is 0 Å². The summed E-state index contributed by atoms with van der Waals surface area (Å²) >= 11 is 0. The normalized spacial score (nSPS) is 17.3. The van der Waals surface area contributed by atoms with E-state index in [0.717, 1.165) is 23.2 Å². The van der Waals surface area contributed by atoms with Crippen LogP contribution in [-0.2, 0) is 22.6 Å². The standard InChI is InChI=1S/C17H20N4O3/c1-3-14-11(2)17(24-20-14)19-16(23)13-7-15(22)21(10-13)9-12-5-4-6-18-8-12/h4-6,8,13H,3,7,9-10H2,1-2H3,(H,19,23). The van der Waals surface area contributed by atoms with Crippen molar-refractivity contribution in [2.45, 2.75) is 33.2 Å². The van der Waals surface area contributed by atoms with Gasteiger partial charge >= 0.3 is 0 Å². The van der Waals surface area contributed by atoms with Gasteiger partial charge in [-0.1, -0.05) is 18.1 Å². The van der Waals surface area contributed by atoms with Gasteiger partial charge in [0.1, 0.15) is 0 Å². The van der Waals surface area contributed by atoms with Gasteiger partial charge in [0.15, 0.2) is 0 Å². The molecule has 0 bridgehead atoms. The topological polar surface area (TPSA) is 88.3 Å². The van der Waals surface area contributed by atoms with E-state index in [1.54, 1.807) is 17.3 Å². The number of hydrogen-bond acceptors (Lipinski definition) is 5. The lowest BCUT2D eigenvalue weighted by molar-refractivity contribution is -0.128. The number of nitrogens with one attached hydrogen (secondary N) is 1. The number of likely N-dealkylation sites (tertiary alicyclic amines) is 1. The number of hydrogen-bond donors (Lipinski definition) is 1. The number of aromatic nitrogens is 2. The molecule has 1 aliphatic heterocycles. The van der Waals surface area contributed by atoms with Gasteiger partial charge in [-0.2, -0.15) is 0 Å². The van der Waals surface area contributed by atoms with Crippen molar-refractivity contribution in [3.05, 3.63) is 41.3 Å². The van der Waals surface area contributed by atoms with Crippen LogP contribution >= 0.6 is 0 Å². The van der Waals surface area contributed by atoms with Crippen LogP contribution in [0.15, 0.2) is 29.0 Å². The van der Waals surface area contributed by atoms with E-state index < -0.39 is 0 Å². The molecule has 2 aromatic heterocycles. The summed E-state index contributed by atoms with van der Waals surface area (Å²) in [5, 5.41) is 6.68. The smallest absolute Gasteiger partial charge is 0.234 e. The Morgan fingerprint density at radius 2 is 2.33 bits per heavy atom. The van der Waals surface area contributed by atoms with Gasteiger partial charge < -0.3 is 9.42 Å². The number of aryl methyl sites for hydroxylation is 1. The summed E-state index contributed by atoms with van der Waals surface area (Å²) in [6, 6.07) is 3.75. The summed E-state index contributed by atoms with van der Waals surface area (Å²) in [6.45, 7) is 4.70. The van der Waals surface area contributed by atoms with Gasteiger partial charge in [-0.3, -0.25) is 19.9 Å². The van der Waals surface area contributed by atoms with Gasteiger partial charge in [-0.05, 0) is 25.0 Å². The van der Waals surface area contributed by atoms with Gasteiger partial charge in [0.25, 0.3) is 0 Å². The van der Waals surface area contributed by atoms with E-state index in [-0.39, 0.29) is 24.2 Å². The van der Waals surface area contributed by atoms with Crippen molar-refractivity contribution in [3.8, 4) is 0 Å². The van der Waals surface area contributed by atoms with E-state index in [4.69, 9.17) is 4.52 Å². The first kappa shape index (κ1) is 16.2. The second kappa shape index (κ2) is 6.82. The molecule has 0 aromatic carbocycles. The Morgan fingerprint density at radius 1 is 1.50 bits per heavy atom. The zero-order valence-electron chi connectivity index (χ0n) is 13.8. The van der Waals surface area contributed by atoms with Crippen molar-refractivity contribution in [1.29, 1.82) is 0 Å². The SMILES string of the molecule is CCc1noc(NC(=O)C2CC(=O)N(Cc3cccnc3)C2)c1C. The van der Waals surface area contributed by atoms with Gasteiger partial charge in [0.05, 0.1) is 11.6 Å². The van der Waals surface area contributed by atoms with Crippen LogP contribution < -0.4 is 5.32 Å². The molecule has 126 valence electrons. The van der Waals surface area contributed by atoms with Crippen LogP contribution in [-0.4, -0.2) is 33.4 Å². The van der Waals surface area contributed by atoms with Crippen molar-refractivity contribution in [1.82, 2.24) is 15.0 Å². The van der Waals surface area contributed by atoms with Crippen LogP contribution in [0.5, 0.6) is 0 Å².